The first-order valence-electron chi connectivity index (χ1n) is 5.50. The molecule has 0 aromatic heterocycles. The molecule has 0 saturated carbocycles. The van der Waals surface area contributed by atoms with Crippen LogP contribution in [0.1, 0.15) is 15.9 Å². The third kappa shape index (κ3) is 3.33. The number of hydrogen-bond donors (Lipinski definition) is 1. The summed E-state index contributed by atoms with van der Waals surface area (Å²) >= 11 is 9.23. The number of carbonyl (C=O) groups is 1. The molecule has 0 unspecified atom stereocenters. The van der Waals surface area contributed by atoms with E-state index in [4.69, 9.17) is 11.6 Å². The van der Waals surface area contributed by atoms with Gasteiger partial charge in [-0.05, 0) is 42.8 Å². The molecule has 2 aromatic rings. The van der Waals surface area contributed by atoms with Gasteiger partial charge in [0.15, 0.2) is 0 Å². The standard InChI is InChI=1S/C14H10BrClFNO/c1-8-2-4-10(7-13(8)17)18-14(19)11-6-9(15)3-5-12(11)16/h2-7H,1H3,(H,18,19). The predicted octanol–water partition coefficient (Wildman–Crippen LogP) is 4.80. The van der Waals surface area contributed by atoms with Crippen LogP contribution in [0.4, 0.5) is 10.1 Å². The number of hydrogen-bond acceptors (Lipinski definition) is 1. The monoisotopic (exact) mass is 341 g/mol. The Hall–Kier alpha value is -1.39. The zero-order chi connectivity index (χ0) is 14.0. The van der Waals surface area contributed by atoms with E-state index in [2.05, 4.69) is 21.2 Å². The molecule has 0 aliphatic heterocycles. The van der Waals surface area contributed by atoms with Gasteiger partial charge in [-0.2, -0.15) is 0 Å². The van der Waals surface area contributed by atoms with Gasteiger partial charge in [0.25, 0.3) is 5.91 Å². The highest BCUT2D eigenvalue weighted by atomic mass is 79.9. The minimum absolute atomic E-state index is 0.331. The average molecular weight is 343 g/mol. The molecule has 0 bridgehead atoms. The van der Waals surface area contributed by atoms with Crippen molar-refractivity contribution in [2.75, 3.05) is 5.32 Å². The highest BCUT2D eigenvalue weighted by Gasteiger charge is 2.11. The van der Waals surface area contributed by atoms with Crippen molar-refractivity contribution in [2.24, 2.45) is 0 Å². The summed E-state index contributed by atoms with van der Waals surface area (Å²) in [6.45, 7) is 1.66. The fourth-order valence-corrected chi connectivity index (χ4v) is 2.10. The molecule has 5 heteroatoms. The lowest BCUT2D eigenvalue weighted by Crippen LogP contribution is -2.12. The van der Waals surface area contributed by atoms with Crippen molar-refractivity contribution in [3.05, 3.63) is 62.8 Å². The molecule has 0 atom stereocenters. The number of rotatable bonds is 2. The van der Waals surface area contributed by atoms with E-state index in [1.165, 1.54) is 6.07 Å². The summed E-state index contributed by atoms with van der Waals surface area (Å²) < 4.78 is 14.1. The van der Waals surface area contributed by atoms with Gasteiger partial charge in [-0.15, -0.1) is 0 Å². The van der Waals surface area contributed by atoms with E-state index in [9.17, 15) is 9.18 Å². The van der Waals surface area contributed by atoms with Crippen molar-refractivity contribution in [3.63, 3.8) is 0 Å². The lowest BCUT2D eigenvalue weighted by Gasteiger charge is -2.08. The summed E-state index contributed by atoms with van der Waals surface area (Å²) in [7, 11) is 0. The molecule has 1 amide bonds. The van der Waals surface area contributed by atoms with E-state index >= 15 is 0 Å². The topological polar surface area (TPSA) is 29.1 Å². The van der Waals surface area contributed by atoms with Gasteiger partial charge in [0.1, 0.15) is 5.82 Å². The van der Waals surface area contributed by atoms with E-state index in [1.54, 1.807) is 37.3 Å². The molecule has 2 rings (SSSR count). The molecule has 0 heterocycles. The largest absolute Gasteiger partial charge is 0.322 e. The van der Waals surface area contributed by atoms with Crippen LogP contribution in [0, 0.1) is 12.7 Å². The SMILES string of the molecule is Cc1ccc(NC(=O)c2cc(Br)ccc2Cl)cc1F. The number of halogens is 3. The summed E-state index contributed by atoms with van der Waals surface area (Å²) in [6, 6.07) is 9.50. The van der Waals surface area contributed by atoms with Crippen LogP contribution in [0.25, 0.3) is 0 Å². The second kappa shape index (κ2) is 5.72. The molecular formula is C14H10BrClFNO. The molecule has 0 spiro atoms. The lowest BCUT2D eigenvalue weighted by molar-refractivity contribution is 0.102. The predicted molar refractivity (Wildman–Crippen MR) is 78.2 cm³/mol. The Morgan fingerprint density at radius 2 is 2.00 bits per heavy atom. The van der Waals surface area contributed by atoms with E-state index in [0.717, 1.165) is 4.47 Å². The molecule has 0 aliphatic carbocycles. The fourth-order valence-electron chi connectivity index (χ4n) is 1.54. The molecule has 2 nitrogen and oxygen atoms in total. The molecule has 0 saturated heterocycles. The molecule has 19 heavy (non-hydrogen) atoms. The van der Waals surface area contributed by atoms with Crippen molar-refractivity contribution in [1.29, 1.82) is 0 Å². The highest BCUT2D eigenvalue weighted by molar-refractivity contribution is 9.10. The Bertz CT molecular complexity index is 645. The maximum absolute atomic E-state index is 13.4. The van der Waals surface area contributed by atoms with Crippen molar-refractivity contribution in [3.8, 4) is 0 Å². The smallest absolute Gasteiger partial charge is 0.257 e. The first-order valence-corrected chi connectivity index (χ1v) is 6.67. The first-order chi connectivity index (χ1) is 8.97. The van der Waals surface area contributed by atoms with Gasteiger partial charge >= 0.3 is 0 Å². The maximum Gasteiger partial charge on any atom is 0.257 e. The van der Waals surface area contributed by atoms with Crippen LogP contribution >= 0.6 is 27.5 Å². The summed E-state index contributed by atoms with van der Waals surface area (Å²) in [5.41, 5.74) is 1.25. The molecule has 0 fully saturated rings. The average Bonchev–Trinajstić information content (AvgIpc) is 2.36. The zero-order valence-electron chi connectivity index (χ0n) is 10.0. The zero-order valence-corrected chi connectivity index (χ0v) is 12.3. The van der Waals surface area contributed by atoms with Gasteiger partial charge in [0.05, 0.1) is 10.6 Å². The number of carbonyl (C=O) groups excluding carboxylic acids is 1. The Labute approximate surface area is 123 Å². The van der Waals surface area contributed by atoms with Gasteiger partial charge in [-0.25, -0.2) is 4.39 Å². The van der Waals surface area contributed by atoms with Crippen LogP contribution in [-0.2, 0) is 0 Å². The number of nitrogens with one attached hydrogen (secondary N) is 1. The quantitative estimate of drug-likeness (QED) is 0.834. The summed E-state index contributed by atoms with van der Waals surface area (Å²) in [5.74, 6) is -0.743. The van der Waals surface area contributed by atoms with Gasteiger partial charge in [-0.3, -0.25) is 4.79 Å². The fraction of sp³-hybridized carbons (Fsp3) is 0.0714. The third-order valence-corrected chi connectivity index (χ3v) is 3.43. The second-order valence-electron chi connectivity index (χ2n) is 4.04. The summed E-state index contributed by atoms with van der Waals surface area (Å²) in [4.78, 5) is 12.0. The van der Waals surface area contributed by atoms with Crippen LogP contribution < -0.4 is 5.32 Å². The molecule has 98 valence electrons. The highest BCUT2D eigenvalue weighted by Crippen LogP contribution is 2.22. The minimum Gasteiger partial charge on any atom is -0.322 e. The molecular weight excluding hydrogens is 333 g/mol. The second-order valence-corrected chi connectivity index (χ2v) is 5.37. The van der Waals surface area contributed by atoms with Crippen LogP contribution in [0.3, 0.4) is 0 Å². The normalized spacial score (nSPS) is 10.3. The van der Waals surface area contributed by atoms with Crippen LogP contribution in [0.15, 0.2) is 40.9 Å². The minimum atomic E-state index is -0.380. The van der Waals surface area contributed by atoms with Crippen molar-refractivity contribution in [1.82, 2.24) is 0 Å². The van der Waals surface area contributed by atoms with E-state index in [1.807, 2.05) is 0 Å². The van der Waals surface area contributed by atoms with Gasteiger partial charge in [-0.1, -0.05) is 33.6 Å². The van der Waals surface area contributed by atoms with Crippen molar-refractivity contribution in [2.45, 2.75) is 6.92 Å². The molecule has 0 radical (unpaired) electrons. The number of anilines is 1. The van der Waals surface area contributed by atoms with Crippen molar-refractivity contribution < 1.29 is 9.18 Å². The number of amides is 1. The number of aryl methyl sites for hydroxylation is 1. The van der Waals surface area contributed by atoms with Crippen molar-refractivity contribution >= 4 is 39.1 Å². The first kappa shape index (κ1) is 14.0. The Balaban J connectivity index is 2.25. The maximum atomic E-state index is 13.4. The van der Waals surface area contributed by atoms with E-state index in [-0.39, 0.29) is 11.7 Å². The molecule has 0 aliphatic rings. The van der Waals surface area contributed by atoms with Gasteiger partial charge < -0.3 is 5.32 Å². The van der Waals surface area contributed by atoms with Gasteiger partial charge in [0.2, 0.25) is 0 Å². The summed E-state index contributed by atoms with van der Waals surface area (Å²) in [5, 5.41) is 2.95. The molecule has 2 aromatic carbocycles. The Morgan fingerprint density at radius 1 is 1.26 bits per heavy atom. The van der Waals surface area contributed by atoms with Crippen LogP contribution in [-0.4, -0.2) is 5.91 Å². The molecule has 1 N–H and O–H groups in total. The van der Waals surface area contributed by atoms with E-state index < -0.39 is 0 Å². The Morgan fingerprint density at radius 3 is 2.68 bits per heavy atom. The third-order valence-electron chi connectivity index (χ3n) is 2.60. The van der Waals surface area contributed by atoms with Crippen LogP contribution in [0.5, 0.6) is 0 Å². The summed E-state index contributed by atoms with van der Waals surface area (Å²) in [6.07, 6.45) is 0. The van der Waals surface area contributed by atoms with Gasteiger partial charge in [0, 0.05) is 10.2 Å². The van der Waals surface area contributed by atoms with Crippen LogP contribution in [0.2, 0.25) is 5.02 Å². The van der Waals surface area contributed by atoms with E-state index in [0.29, 0.717) is 21.8 Å². The lowest BCUT2D eigenvalue weighted by atomic mass is 10.2. The Kier molecular flexibility index (Phi) is 4.22. The number of benzene rings is 2.